The molecular weight excluding hydrogens is 524 g/mol. The molecule has 2 amide bonds. The van der Waals surface area contributed by atoms with Gasteiger partial charge in [0.15, 0.2) is 5.76 Å². The van der Waals surface area contributed by atoms with Crippen molar-refractivity contribution in [3.8, 4) is 17.2 Å². The van der Waals surface area contributed by atoms with Gasteiger partial charge in [0.25, 0.3) is 0 Å². The molecule has 0 radical (unpaired) electrons. The molecule has 220 valence electrons. The van der Waals surface area contributed by atoms with Crippen LogP contribution < -0.4 is 10.1 Å². The molecule has 0 bridgehead atoms. The quantitative estimate of drug-likeness (QED) is 0.272. The molecule has 0 spiro atoms. The number of fused-ring (bicyclic) bond motifs is 1. The number of ether oxygens (including phenoxy) is 2. The summed E-state index contributed by atoms with van der Waals surface area (Å²) in [5, 5.41) is 4.03. The van der Waals surface area contributed by atoms with Gasteiger partial charge in [-0.2, -0.15) is 0 Å². The molecule has 1 saturated heterocycles. The summed E-state index contributed by atoms with van der Waals surface area (Å²) < 4.78 is 17.1. The van der Waals surface area contributed by atoms with Crippen LogP contribution in [0.3, 0.4) is 0 Å². The number of ketones is 1. The monoisotopic (exact) mass is 564 g/mol. The summed E-state index contributed by atoms with van der Waals surface area (Å²) in [5.41, 5.74) is 0.879. The molecule has 41 heavy (non-hydrogen) atoms. The molecule has 1 N–H and O–H groups in total. The first-order valence-corrected chi connectivity index (χ1v) is 14.3. The smallest absolute Gasteiger partial charge is 0.410 e. The Morgan fingerprint density at radius 1 is 1.15 bits per heavy atom. The predicted molar refractivity (Wildman–Crippen MR) is 154 cm³/mol. The van der Waals surface area contributed by atoms with Crippen molar-refractivity contribution in [2.75, 3.05) is 20.2 Å². The van der Waals surface area contributed by atoms with Crippen molar-refractivity contribution in [2.45, 2.75) is 77.9 Å². The topological polar surface area (TPSA) is 124 Å². The number of Topliss-reactive ketones (excluding diaryl/α,β-unsaturated/α-hetero) is 1. The number of aromatic nitrogens is 2. The first-order valence-electron chi connectivity index (χ1n) is 14.3. The largest absolute Gasteiger partial charge is 0.480 e. The third kappa shape index (κ3) is 7.83. The fourth-order valence-corrected chi connectivity index (χ4v) is 4.69. The zero-order chi connectivity index (χ0) is 29.6. The van der Waals surface area contributed by atoms with E-state index in [0.717, 1.165) is 30.2 Å². The van der Waals surface area contributed by atoms with Gasteiger partial charge in [-0.1, -0.05) is 38.0 Å². The Labute approximate surface area is 240 Å². The molecule has 0 aliphatic carbocycles. The highest BCUT2D eigenvalue weighted by molar-refractivity contribution is 5.85. The van der Waals surface area contributed by atoms with Gasteiger partial charge >= 0.3 is 6.09 Å². The average Bonchev–Trinajstić information content (AvgIpc) is 3.39. The summed E-state index contributed by atoms with van der Waals surface area (Å²) >= 11 is 0. The second-order valence-electron chi connectivity index (χ2n) is 11.4. The number of methoxy groups -OCH3 is 1. The number of amides is 2. The number of carbonyl (C=O) groups is 3. The number of para-hydroxylation sites is 1. The van der Waals surface area contributed by atoms with Gasteiger partial charge in [-0.3, -0.25) is 9.59 Å². The van der Waals surface area contributed by atoms with Crippen LogP contribution in [-0.2, 0) is 14.3 Å². The maximum atomic E-state index is 13.2. The van der Waals surface area contributed by atoms with E-state index in [1.807, 2.05) is 58.0 Å². The molecule has 0 saturated carbocycles. The van der Waals surface area contributed by atoms with Gasteiger partial charge in [-0.15, -0.1) is 0 Å². The van der Waals surface area contributed by atoms with E-state index in [1.54, 1.807) is 13.3 Å². The number of nitrogens with zero attached hydrogens (tertiary/aromatic N) is 3. The van der Waals surface area contributed by atoms with Crippen LogP contribution in [0.2, 0.25) is 0 Å². The summed E-state index contributed by atoms with van der Waals surface area (Å²) in [6, 6.07) is 9.22. The van der Waals surface area contributed by atoms with Gasteiger partial charge < -0.3 is 24.1 Å². The molecule has 2 aromatic heterocycles. The molecule has 3 aromatic rings. The lowest BCUT2D eigenvalue weighted by Gasteiger charge is -2.39. The molecule has 1 atom stereocenters. The molecule has 1 aliphatic rings. The summed E-state index contributed by atoms with van der Waals surface area (Å²) in [7, 11) is 1.56. The zero-order valence-electron chi connectivity index (χ0n) is 24.6. The standard InChI is InChI=1S/C31H40N4O6/c1-6-22(36)13-8-7-9-15-25(33-27(37)21-18-35(19-21)30(38)41-31(2,3)4)29-32-17-26(40-29)23-16-20-12-10-11-14-24(20)34-28(23)39-5/h10-12,14,16-17,21,25H,6-9,13,15,18-19H2,1-5H3,(H,33,37)/t25-/m0/s1. The number of pyridine rings is 1. The van der Waals surface area contributed by atoms with E-state index in [4.69, 9.17) is 13.9 Å². The molecule has 4 rings (SSSR count). The summed E-state index contributed by atoms with van der Waals surface area (Å²) in [6.07, 6.45) is 5.35. The Hall–Kier alpha value is -3.95. The summed E-state index contributed by atoms with van der Waals surface area (Å²) in [4.78, 5) is 47.8. The third-order valence-corrected chi connectivity index (χ3v) is 7.03. The van der Waals surface area contributed by atoms with Gasteiger partial charge in [-0.05, 0) is 45.7 Å². The second kappa shape index (κ2) is 13.1. The molecular formula is C31H40N4O6. The highest BCUT2D eigenvalue weighted by atomic mass is 16.6. The minimum atomic E-state index is -0.594. The highest BCUT2D eigenvalue weighted by Crippen LogP contribution is 2.34. The lowest BCUT2D eigenvalue weighted by atomic mass is 9.98. The number of nitrogens with one attached hydrogen (secondary N) is 1. The molecule has 1 aliphatic heterocycles. The van der Waals surface area contributed by atoms with Crippen molar-refractivity contribution in [3.63, 3.8) is 0 Å². The maximum absolute atomic E-state index is 13.2. The fraction of sp³-hybridized carbons (Fsp3) is 0.516. The number of carbonyl (C=O) groups excluding carboxylic acids is 3. The van der Waals surface area contributed by atoms with Gasteiger partial charge in [0, 0.05) is 31.3 Å². The van der Waals surface area contributed by atoms with E-state index >= 15 is 0 Å². The van der Waals surface area contributed by atoms with E-state index in [1.165, 1.54) is 4.90 Å². The highest BCUT2D eigenvalue weighted by Gasteiger charge is 2.39. The van der Waals surface area contributed by atoms with Crippen LogP contribution in [0.1, 0.15) is 78.2 Å². The van der Waals surface area contributed by atoms with Crippen molar-refractivity contribution < 1.29 is 28.3 Å². The van der Waals surface area contributed by atoms with Crippen molar-refractivity contribution >= 4 is 28.7 Å². The molecule has 1 aromatic carbocycles. The van der Waals surface area contributed by atoms with Gasteiger partial charge in [0.2, 0.25) is 17.7 Å². The zero-order valence-corrected chi connectivity index (χ0v) is 24.6. The Bertz CT molecular complexity index is 1370. The third-order valence-electron chi connectivity index (χ3n) is 7.03. The van der Waals surface area contributed by atoms with Gasteiger partial charge in [0.1, 0.15) is 17.4 Å². The number of hydrogen-bond donors (Lipinski definition) is 1. The Morgan fingerprint density at radius 3 is 2.61 bits per heavy atom. The van der Waals surface area contributed by atoms with Crippen LogP contribution in [0.25, 0.3) is 22.2 Å². The van der Waals surface area contributed by atoms with Crippen molar-refractivity contribution in [1.29, 1.82) is 0 Å². The van der Waals surface area contributed by atoms with Gasteiger partial charge in [0.05, 0.1) is 30.3 Å². The van der Waals surface area contributed by atoms with E-state index in [2.05, 4.69) is 15.3 Å². The minimum Gasteiger partial charge on any atom is -0.480 e. The Kier molecular flexibility index (Phi) is 9.62. The maximum Gasteiger partial charge on any atom is 0.410 e. The molecule has 10 heteroatoms. The van der Waals surface area contributed by atoms with E-state index in [-0.39, 0.29) is 17.6 Å². The second-order valence-corrected chi connectivity index (χ2v) is 11.4. The van der Waals surface area contributed by atoms with Crippen molar-refractivity contribution in [2.24, 2.45) is 5.92 Å². The van der Waals surface area contributed by atoms with Crippen LogP contribution in [0.4, 0.5) is 4.79 Å². The minimum absolute atomic E-state index is 0.166. The van der Waals surface area contributed by atoms with Crippen LogP contribution in [0.5, 0.6) is 5.88 Å². The number of unbranched alkanes of at least 4 members (excludes halogenated alkanes) is 2. The molecule has 10 nitrogen and oxygen atoms in total. The lowest BCUT2D eigenvalue weighted by Crippen LogP contribution is -2.56. The fourth-order valence-electron chi connectivity index (χ4n) is 4.69. The molecule has 1 fully saturated rings. The predicted octanol–water partition coefficient (Wildman–Crippen LogP) is 5.85. The molecule has 0 unspecified atom stereocenters. The van der Waals surface area contributed by atoms with Crippen LogP contribution in [0.15, 0.2) is 40.9 Å². The van der Waals surface area contributed by atoms with E-state index in [9.17, 15) is 14.4 Å². The van der Waals surface area contributed by atoms with Gasteiger partial charge in [-0.25, -0.2) is 14.8 Å². The number of rotatable bonds is 12. The average molecular weight is 565 g/mol. The Morgan fingerprint density at radius 2 is 1.90 bits per heavy atom. The summed E-state index contributed by atoms with van der Waals surface area (Å²) in [5.74, 6) is 1.04. The van der Waals surface area contributed by atoms with Crippen LogP contribution in [0, 0.1) is 5.92 Å². The normalized spacial score (nSPS) is 14.4. The van der Waals surface area contributed by atoms with E-state index < -0.39 is 17.7 Å². The van der Waals surface area contributed by atoms with Crippen LogP contribution >= 0.6 is 0 Å². The first-order chi connectivity index (χ1) is 19.6. The number of benzene rings is 1. The lowest BCUT2D eigenvalue weighted by molar-refractivity contribution is -0.130. The molecule has 3 heterocycles. The van der Waals surface area contributed by atoms with E-state index in [0.29, 0.717) is 55.4 Å². The number of oxazole rings is 1. The Balaban J connectivity index is 1.47. The van der Waals surface area contributed by atoms with Crippen molar-refractivity contribution in [3.05, 3.63) is 42.4 Å². The SMILES string of the molecule is CCC(=O)CCCCC[C@H](NC(=O)C1CN(C(=O)OC(C)(C)C)C1)c1ncc(-c2cc3ccccc3nc2OC)o1. The first kappa shape index (κ1) is 30.0. The van der Waals surface area contributed by atoms with Crippen LogP contribution in [-0.4, -0.2) is 58.5 Å². The summed E-state index contributed by atoms with van der Waals surface area (Å²) in [6.45, 7) is 7.90. The number of likely N-dealkylation sites (tertiary alicyclic amines) is 1. The number of hydrogen-bond acceptors (Lipinski definition) is 8. The van der Waals surface area contributed by atoms with Crippen molar-refractivity contribution in [1.82, 2.24) is 20.2 Å².